The van der Waals surface area contributed by atoms with Crippen molar-refractivity contribution in [3.8, 4) is 23.2 Å². The smallest absolute Gasteiger partial charge is 0.285 e. The van der Waals surface area contributed by atoms with Crippen molar-refractivity contribution in [1.29, 1.82) is 5.26 Å². The summed E-state index contributed by atoms with van der Waals surface area (Å²) >= 11 is 0. The van der Waals surface area contributed by atoms with Crippen LogP contribution >= 0.6 is 0 Å². The van der Waals surface area contributed by atoms with E-state index in [0.29, 0.717) is 35.0 Å². The van der Waals surface area contributed by atoms with Crippen molar-refractivity contribution in [1.82, 2.24) is 19.9 Å². The average molecular weight is 351 g/mol. The first-order valence-electron chi connectivity index (χ1n) is 8.08. The van der Waals surface area contributed by atoms with Crippen LogP contribution in [0.2, 0.25) is 0 Å². The summed E-state index contributed by atoms with van der Waals surface area (Å²) in [5.74, 6) is 1.23. The third-order valence-electron chi connectivity index (χ3n) is 3.93. The Labute approximate surface area is 149 Å². The molecule has 8 heteroatoms. The second-order valence-electron chi connectivity index (χ2n) is 5.60. The molecular weight excluding hydrogens is 334 g/mol. The minimum atomic E-state index is -0.481. The molecule has 26 heavy (non-hydrogen) atoms. The molecular formula is C18H17N5O3. The van der Waals surface area contributed by atoms with Crippen LogP contribution in [0.3, 0.4) is 0 Å². The van der Waals surface area contributed by atoms with Gasteiger partial charge in [-0.3, -0.25) is 4.79 Å². The van der Waals surface area contributed by atoms with Crippen LogP contribution in [0.5, 0.6) is 5.75 Å². The van der Waals surface area contributed by atoms with Crippen molar-refractivity contribution in [2.24, 2.45) is 0 Å². The molecule has 132 valence electrons. The van der Waals surface area contributed by atoms with Gasteiger partial charge in [0.25, 0.3) is 5.56 Å². The first kappa shape index (κ1) is 17.4. The molecule has 0 N–H and O–H groups in total. The van der Waals surface area contributed by atoms with Crippen molar-refractivity contribution in [2.75, 3.05) is 6.61 Å². The third-order valence-corrected chi connectivity index (χ3v) is 3.93. The van der Waals surface area contributed by atoms with Crippen molar-refractivity contribution < 1.29 is 9.26 Å². The molecule has 3 aromatic rings. The second-order valence-corrected chi connectivity index (χ2v) is 5.60. The zero-order valence-electron chi connectivity index (χ0n) is 14.7. The Kier molecular flexibility index (Phi) is 4.80. The molecule has 0 aliphatic rings. The summed E-state index contributed by atoms with van der Waals surface area (Å²) in [5.41, 5.74) is 1.46. The highest BCUT2D eigenvalue weighted by Crippen LogP contribution is 2.27. The van der Waals surface area contributed by atoms with E-state index in [4.69, 9.17) is 9.26 Å². The van der Waals surface area contributed by atoms with Gasteiger partial charge < -0.3 is 9.26 Å². The molecule has 0 aliphatic heterocycles. The topological polar surface area (TPSA) is 107 Å². The van der Waals surface area contributed by atoms with Gasteiger partial charge in [0, 0.05) is 0 Å². The third kappa shape index (κ3) is 3.19. The van der Waals surface area contributed by atoms with Gasteiger partial charge in [0.05, 0.1) is 17.9 Å². The van der Waals surface area contributed by atoms with E-state index in [2.05, 4.69) is 15.2 Å². The fourth-order valence-corrected chi connectivity index (χ4v) is 2.50. The van der Waals surface area contributed by atoms with Crippen LogP contribution in [0, 0.1) is 25.2 Å². The van der Waals surface area contributed by atoms with E-state index < -0.39 is 5.56 Å². The molecule has 0 atom stereocenters. The Morgan fingerprint density at radius 3 is 2.81 bits per heavy atom. The van der Waals surface area contributed by atoms with Crippen LogP contribution in [-0.4, -0.2) is 26.5 Å². The summed E-state index contributed by atoms with van der Waals surface area (Å²) < 4.78 is 12.0. The lowest BCUT2D eigenvalue weighted by Crippen LogP contribution is -2.28. The molecule has 3 rings (SSSR count). The van der Waals surface area contributed by atoms with E-state index >= 15 is 0 Å². The van der Waals surface area contributed by atoms with E-state index in [0.717, 1.165) is 4.68 Å². The predicted octanol–water partition coefficient (Wildman–Crippen LogP) is 2.23. The van der Waals surface area contributed by atoms with Gasteiger partial charge in [-0.05, 0) is 38.5 Å². The second kappa shape index (κ2) is 7.19. The zero-order valence-corrected chi connectivity index (χ0v) is 14.7. The van der Waals surface area contributed by atoms with Crippen LogP contribution in [-0.2, 0) is 6.54 Å². The summed E-state index contributed by atoms with van der Waals surface area (Å²) in [4.78, 5) is 16.7. The van der Waals surface area contributed by atoms with Gasteiger partial charge in [-0.25, -0.2) is 4.68 Å². The standard InChI is InChI=1S/C18H17N5O3/c1-4-25-15-8-6-5-7-13(15)17-20-16(26-22-17)10-23-18(24)14(9-19)11(2)12(3)21-23/h5-8H,4,10H2,1-3H3. The first-order valence-corrected chi connectivity index (χ1v) is 8.08. The molecule has 2 aromatic heterocycles. The van der Waals surface area contributed by atoms with Gasteiger partial charge in [0.2, 0.25) is 11.7 Å². The van der Waals surface area contributed by atoms with E-state index in [-0.39, 0.29) is 18.0 Å². The predicted molar refractivity (Wildman–Crippen MR) is 92.7 cm³/mol. The lowest BCUT2D eigenvalue weighted by molar-refractivity contribution is 0.340. The van der Waals surface area contributed by atoms with Crippen molar-refractivity contribution >= 4 is 0 Å². The largest absolute Gasteiger partial charge is 0.493 e. The normalized spacial score (nSPS) is 10.5. The number of nitriles is 1. The molecule has 0 spiro atoms. The molecule has 2 heterocycles. The van der Waals surface area contributed by atoms with Crippen molar-refractivity contribution in [2.45, 2.75) is 27.3 Å². The number of aromatic nitrogens is 4. The molecule has 0 fully saturated rings. The van der Waals surface area contributed by atoms with Crippen LogP contribution in [0.1, 0.15) is 29.6 Å². The van der Waals surface area contributed by atoms with E-state index in [9.17, 15) is 10.1 Å². The summed E-state index contributed by atoms with van der Waals surface area (Å²) in [6.07, 6.45) is 0. The molecule has 0 amide bonds. The van der Waals surface area contributed by atoms with Gasteiger partial charge >= 0.3 is 0 Å². The highest BCUT2D eigenvalue weighted by Gasteiger charge is 2.16. The lowest BCUT2D eigenvalue weighted by atomic mass is 10.1. The van der Waals surface area contributed by atoms with Gasteiger partial charge in [0.1, 0.15) is 23.9 Å². The van der Waals surface area contributed by atoms with E-state index in [1.54, 1.807) is 13.8 Å². The maximum Gasteiger partial charge on any atom is 0.285 e. The maximum absolute atomic E-state index is 12.4. The van der Waals surface area contributed by atoms with Crippen LogP contribution in [0.4, 0.5) is 0 Å². The Balaban J connectivity index is 1.95. The number of aryl methyl sites for hydroxylation is 1. The highest BCUT2D eigenvalue weighted by molar-refractivity contribution is 5.63. The first-order chi connectivity index (χ1) is 12.5. The zero-order chi connectivity index (χ0) is 18.7. The minimum absolute atomic E-state index is 0.0154. The molecule has 0 saturated heterocycles. The molecule has 0 radical (unpaired) electrons. The number of para-hydroxylation sites is 1. The Hall–Kier alpha value is -3.47. The van der Waals surface area contributed by atoms with Gasteiger partial charge in [0.15, 0.2) is 0 Å². The molecule has 0 aliphatic carbocycles. The van der Waals surface area contributed by atoms with Gasteiger partial charge in [-0.1, -0.05) is 17.3 Å². The quantitative estimate of drug-likeness (QED) is 0.693. The van der Waals surface area contributed by atoms with E-state index in [1.807, 2.05) is 37.3 Å². The summed E-state index contributed by atoms with van der Waals surface area (Å²) in [7, 11) is 0. The molecule has 1 aromatic carbocycles. The maximum atomic E-state index is 12.4. The summed E-state index contributed by atoms with van der Waals surface area (Å²) in [5, 5.41) is 17.4. The summed E-state index contributed by atoms with van der Waals surface area (Å²) in [6, 6.07) is 9.28. The lowest BCUT2D eigenvalue weighted by Gasteiger charge is -2.07. The monoisotopic (exact) mass is 351 g/mol. The molecule has 8 nitrogen and oxygen atoms in total. The average Bonchev–Trinajstić information content (AvgIpc) is 3.09. The molecule has 0 unspecified atom stereocenters. The highest BCUT2D eigenvalue weighted by atomic mass is 16.5. The molecule has 0 bridgehead atoms. The Morgan fingerprint density at radius 1 is 1.31 bits per heavy atom. The minimum Gasteiger partial charge on any atom is -0.493 e. The Bertz CT molecular complexity index is 1050. The van der Waals surface area contributed by atoms with Crippen LogP contribution < -0.4 is 10.3 Å². The number of ether oxygens (including phenoxy) is 1. The van der Waals surface area contributed by atoms with E-state index in [1.165, 1.54) is 0 Å². The fourth-order valence-electron chi connectivity index (χ4n) is 2.50. The fraction of sp³-hybridized carbons (Fsp3) is 0.278. The van der Waals surface area contributed by atoms with Crippen molar-refractivity contribution in [3.05, 3.63) is 57.3 Å². The van der Waals surface area contributed by atoms with Crippen molar-refractivity contribution in [3.63, 3.8) is 0 Å². The number of hydrogen-bond acceptors (Lipinski definition) is 7. The van der Waals surface area contributed by atoms with Gasteiger partial charge in [-0.2, -0.15) is 15.3 Å². The number of benzene rings is 1. The number of hydrogen-bond donors (Lipinski definition) is 0. The van der Waals surface area contributed by atoms with Crippen LogP contribution in [0.25, 0.3) is 11.4 Å². The number of nitrogens with zero attached hydrogens (tertiary/aromatic N) is 5. The SMILES string of the molecule is CCOc1ccccc1-c1noc(Cn2nc(C)c(C)c(C#N)c2=O)n1. The summed E-state index contributed by atoms with van der Waals surface area (Å²) in [6.45, 7) is 5.83. The number of rotatable bonds is 5. The van der Waals surface area contributed by atoms with Gasteiger partial charge in [-0.15, -0.1) is 0 Å². The Morgan fingerprint density at radius 2 is 2.08 bits per heavy atom. The van der Waals surface area contributed by atoms with Crippen LogP contribution in [0.15, 0.2) is 33.6 Å². The molecule has 0 saturated carbocycles.